The van der Waals surface area contributed by atoms with Crippen LogP contribution in [0.25, 0.3) is 21.8 Å². The minimum Gasteiger partial charge on any atom is -0.493 e. The van der Waals surface area contributed by atoms with E-state index in [2.05, 4.69) is 83.2 Å². The second-order valence-electron chi connectivity index (χ2n) is 6.96. The Bertz CT molecular complexity index is 1070. The van der Waals surface area contributed by atoms with E-state index in [1.54, 1.807) is 0 Å². The summed E-state index contributed by atoms with van der Waals surface area (Å²) in [5, 5.41) is 6.00. The third kappa shape index (κ3) is 4.81. The minimum atomic E-state index is 0. The number of para-hydroxylation sites is 1. The van der Waals surface area contributed by atoms with E-state index in [9.17, 15) is 0 Å². The lowest BCUT2D eigenvalue weighted by Gasteiger charge is -2.09. The maximum atomic E-state index is 6.02. The molecule has 0 fully saturated rings. The van der Waals surface area contributed by atoms with E-state index in [1.807, 2.05) is 12.1 Å². The summed E-state index contributed by atoms with van der Waals surface area (Å²) in [6.45, 7) is 7.24. The van der Waals surface area contributed by atoms with E-state index in [1.165, 1.54) is 27.4 Å². The van der Waals surface area contributed by atoms with E-state index >= 15 is 0 Å². The Morgan fingerprint density at radius 2 is 1.66 bits per heavy atom. The van der Waals surface area contributed by atoms with Crippen molar-refractivity contribution >= 4 is 34.2 Å². The molecule has 1 N–H and O–H groups in total. The van der Waals surface area contributed by atoms with Crippen LogP contribution in [0.4, 0.5) is 0 Å². The van der Waals surface area contributed by atoms with E-state index < -0.39 is 0 Å². The highest BCUT2D eigenvalue weighted by molar-refractivity contribution is 6.08. The lowest BCUT2D eigenvalue weighted by Crippen LogP contribution is -2.16. The fourth-order valence-corrected chi connectivity index (χ4v) is 3.66. The van der Waals surface area contributed by atoms with Crippen molar-refractivity contribution in [2.45, 2.75) is 19.5 Å². The molecule has 0 saturated heterocycles. The van der Waals surface area contributed by atoms with Crippen molar-refractivity contribution < 1.29 is 4.74 Å². The van der Waals surface area contributed by atoms with Crippen molar-refractivity contribution in [1.29, 1.82) is 0 Å². The molecule has 3 aromatic carbocycles. The predicted octanol–water partition coefficient (Wildman–Crippen LogP) is 5.96. The molecule has 0 aliphatic carbocycles. The fraction of sp³-hybridized carbons (Fsp3) is 0.200. The molecule has 0 amide bonds. The normalized spacial score (nSPS) is 10.8. The number of rotatable bonds is 9. The molecule has 3 nitrogen and oxygen atoms in total. The molecule has 1 aromatic heterocycles. The molecule has 0 spiro atoms. The summed E-state index contributed by atoms with van der Waals surface area (Å²) in [5.41, 5.74) is 3.74. The Labute approximate surface area is 178 Å². The van der Waals surface area contributed by atoms with Crippen molar-refractivity contribution in [3.63, 3.8) is 0 Å². The van der Waals surface area contributed by atoms with Gasteiger partial charge in [-0.1, -0.05) is 54.6 Å². The molecule has 0 saturated carbocycles. The van der Waals surface area contributed by atoms with Crippen LogP contribution in [0.2, 0.25) is 0 Å². The minimum absolute atomic E-state index is 0. The van der Waals surface area contributed by atoms with Gasteiger partial charge in [0.2, 0.25) is 0 Å². The molecule has 29 heavy (non-hydrogen) atoms. The monoisotopic (exact) mass is 406 g/mol. The highest BCUT2D eigenvalue weighted by Gasteiger charge is 2.10. The summed E-state index contributed by atoms with van der Waals surface area (Å²) in [4.78, 5) is 0. The van der Waals surface area contributed by atoms with Crippen LogP contribution in [0.3, 0.4) is 0 Å². The van der Waals surface area contributed by atoms with Gasteiger partial charge in [-0.15, -0.1) is 19.0 Å². The van der Waals surface area contributed by atoms with Crippen LogP contribution in [-0.4, -0.2) is 17.7 Å². The lowest BCUT2D eigenvalue weighted by atomic mass is 10.1. The van der Waals surface area contributed by atoms with Crippen LogP contribution in [0.1, 0.15) is 12.0 Å². The zero-order valence-corrected chi connectivity index (χ0v) is 17.3. The third-order valence-corrected chi connectivity index (χ3v) is 5.00. The SMILES string of the molecule is C=CCn1c2ccccc2c2ccc(OCCCNCc3ccccc3)cc21.Cl. The first-order valence-electron chi connectivity index (χ1n) is 9.86. The summed E-state index contributed by atoms with van der Waals surface area (Å²) in [6, 6.07) is 25.4. The van der Waals surface area contributed by atoms with Gasteiger partial charge in [0.25, 0.3) is 0 Å². The number of ether oxygens (including phenoxy) is 1. The molecule has 4 heteroatoms. The summed E-state index contributed by atoms with van der Waals surface area (Å²) in [6.07, 6.45) is 2.92. The maximum Gasteiger partial charge on any atom is 0.121 e. The van der Waals surface area contributed by atoms with Crippen molar-refractivity contribution in [3.05, 3.63) is 91.0 Å². The molecule has 0 bridgehead atoms. The number of allylic oxidation sites excluding steroid dienone is 1. The van der Waals surface area contributed by atoms with Gasteiger partial charge in [0.15, 0.2) is 0 Å². The molecule has 1 heterocycles. The number of hydrogen-bond donors (Lipinski definition) is 1. The number of benzene rings is 3. The van der Waals surface area contributed by atoms with Gasteiger partial charge in [-0.2, -0.15) is 0 Å². The number of fused-ring (bicyclic) bond motifs is 3. The summed E-state index contributed by atoms with van der Waals surface area (Å²) < 4.78 is 8.31. The fourth-order valence-electron chi connectivity index (χ4n) is 3.66. The van der Waals surface area contributed by atoms with Gasteiger partial charge >= 0.3 is 0 Å². The Morgan fingerprint density at radius 3 is 2.48 bits per heavy atom. The van der Waals surface area contributed by atoms with Crippen molar-refractivity contribution in [2.75, 3.05) is 13.2 Å². The van der Waals surface area contributed by atoms with Gasteiger partial charge in [0.05, 0.1) is 12.1 Å². The Balaban J connectivity index is 0.00000240. The second-order valence-corrected chi connectivity index (χ2v) is 6.96. The molecular formula is C25H27ClN2O. The number of halogens is 1. The second kappa shape index (κ2) is 10.1. The van der Waals surface area contributed by atoms with Crippen molar-refractivity contribution in [2.24, 2.45) is 0 Å². The molecule has 150 valence electrons. The number of hydrogen-bond acceptors (Lipinski definition) is 2. The first-order chi connectivity index (χ1) is 13.9. The van der Waals surface area contributed by atoms with Crippen LogP contribution in [0, 0.1) is 0 Å². The van der Waals surface area contributed by atoms with E-state index in [4.69, 9.17) is 4.74 Å². The maximum absolute atomic E-state index is 6.02. The van der Waals surface area contributed by atoms with Gasteiger partial charge in [0.1, 0.15) is 5.75 Å². The van der Waals surface area contributed by atoms with E-state index in [-0.39, 0.29) is 12.4 Å². The van der Waals surface area contributed by atoms with Gasteiger partial charge in [0, 0.05) is 35.4 Å². The largest absolute Gasteiger partial charge is 0.493 e. The highest BCUT2D eigenvalue weighted by atomic mass is 35.5. The summed E-state index contributed by atoms with van der Waals surface area (Å²) in [7, 11) is 0. The standard InChI is InChI=1S/C25H26N2O.ClH/c1-2-16-27-24-12-7-6-11-22(24)23-14-13-21(18-25(23)27)28-17-8-15-26-19-20-9-4-3-5-10-20;/h2-7,9-14,18,26H,1,8,15-17,19H2;1H. The van der Waals surface area contributed by atoms with E-state index in [0.717, 1.165) is 31.8 Å². The number of nitrogens with zero attached hydrogens (tertiary/aromatic N) is 1. The van der Waals surface area contributed by atoms with Crippen LogP contribution >= 0.6 is 12.4 Å². The van der Waals surface area contributed by atoms with Gasteiger partial charge in [-0.05, 0) is 36.7 Å². The quantitative estimate of drug-likeness (QED) is 0.274. The molecule has 4 aromatic rings. The van der Waals surface area contributed by atoms with Gasteiger partial charge < -0.3 is 14.6 Å². The van der Waals surface area contributed by atoms with Crippen LogP contribution in [-0.2, 0) is 13.1 Å². The Kier molecular flexibility index (Phi) is 7.34. The van der Waals surface area contributed by atoms with Crippen LogP contribution < -0.4 is 10.1 Å². The van der Waals surface area contributed by atoms with Crippen molar-refractivity contribution in [3.8, 4) is 5.75 Å². The average Bonchev–Trinajstić information content (AvgIpc) is 3.05. The van der Waals surface area contributed by atoms with E-state index in [0.29, 0.717) is 6.61 Å². The highest BCUT2D eigenvalue weighted by Crippen LogP contribution is 2.31. The van der Waals surface area contributed by atoms with Gasteiger partial charge in [-0.25, -0.2) is 0 Å². The topological polar surface area (TPSA) is 26.2 Å². The van der Waals surface area contributed by atoms with Crippen molar-refractivity contribution in [1.82, 2.24) is 9.88 Å². The molecule has 0 radical (unpaired) electrons. The molecule has 0 aliphatic heterocycles. The first kappa shape index (κ1) is 21.0. The first-order valence-corrected chi connectivity index (χ1v) is 9.86. The number of nitrogens with one attached hydrogen (secondary N) is 1. The molecule has 0 unspecified atom stereocenters. The predicted molar refractivity (Wildman–Crippen MR) is 125 cm³/mol. The van der Waals surface area contributed by atoms with Crippen LogP contribution in [0.15, 0.2) is 85.5 Å². The molecule has 0 atom stereocenters. The number of aromatic nitrogens is 1. The third-order valence-electron chi connectivity index (χ3n) is 5.00. The van der Waals surface area contributed by atoms with Crippen LogP contribution in [0.5, 0.6) is 5.75 Å². The molecule has 0 aliphatic rings. The summed E-state index contributed by atoms with van der Waals surface area (Å²) >= 11 is 0. The molecule has 4 rings (SSSR count). The average molecular weight is 407 g/mol. The zero-order chi connectivity index (χ0) is 19.2. The Hall–Kier alpha value is -2.75. The molecular weight excluding hydrogens is 380 g/mol. The smallest absolute Gasteiger partial charge is 0.121 e. The lowest BCUT2D eigenvalue weighted by molar-refractivity contribution is 0.308. The Morgan fingerprint density at radius 1 is 0.897 bits per heavy atom. The zero-order valence-electron chi connectivity index (χ0n) is 16.5. The summed E-state index contributed by atoms with van der Waals surface area (Å²) in [5.74, 6) is 0.920. The van der Waals surface area contributed by atoms with Gasteiger partial charge in [-0.3, -0.25) is 0 Å².